The molecular formula is C12H9F7O3. The predicted molar refractivity (Wildman–Crippen MR) is 59.8 cm³/mol. The van der Waals surface area contributed by atoms with Gasteiger partial charge in [-0.05, 0) is 12.1 Å². The number of halogens is 7. The fourth-order valence-corrected chi connectivity index (χ4v) is 1.44. The predicted octanol–water partition coefficient (Wildman–Crippen LogP) is 3.72. The zero-order chi connectivity index (χ0) is 17.3. The van der Waals surface area contributed by atoms with Crippen LogP contribution in [0.2, 0.25) is 0 Å². The van der Waals surface area contributed by atoms with Crippen LogP contribution in [0.3, 0.4) is 0 Å². The molecule has 1 aromatic carbocycles. The van der Waals surface area contributed by atoms with Crippen LogP contribution in [0.1, 0.15) is 10.4 Å². The number of carbonyl (C=O) groups excluding carboxylic acids is 1. The molecule has 0 heterocycles. The monoisotopic (exact) mass is 334 g/mol. The molecule has 0 bridgehead atoms. The van der Waals surface area contributed by atoms with E-state index >= 15 is 0 Å². The van der Waals surface area contributed by atoms with Gasteiger partial charge in [-0.3, -0.25) is 4.79 Å². The van der Waals surface area contributed by atoms with Crippen molar-refractivity contribution in [2.75, 3.05) is 14.2 Å². The Bertz CT molecular complexity index is 544. The number of benzene rings is 1. The summed E-state index contributed by atoms with van der Waals surface area (Å²) in [6.07, 6.45) is -6.59. The van der Waals surface area contributed by atoms with Gasteiger partial charge in [-0.1, -0.05) is 0 Å². The largest absolute Gasteiger partial charge is 0.497 e. The van der Waals surface area contributed by atoms with Crippen LogP contribution in [0.4, 0.5) is 30.7 Å². The zero-order valence-corrected chi connectivity index (χ0v) is 11.1. The van der Waals surface area contributed by atoms with E-state index < -0.39 is 29.4 Å². The van der Waals surface area contributed by atoms with Crippen molar-refractivity contribution in [2.45, 2.75) is 18.0 Å². The Balaban J connectivity index is 3.36. The van der Waals surface area contributed by atoms with Gasteiger partial charge in [0.15, 0.2) is 0 Å². The number of hydrogen-bond acceptors (Lipinski definition) is 3. The lowest BCUT2D eigenvalue weighted by Crippen LogP contribution is -2.56. The molecule has 0 aromatic heterocycles. The van der Waals surface area contributed by atoms with Crippen LogP contribution < -0.4 is 9.47 Å². The van der Waals surface area contributed by atoms with Crippen LogP contribution in [-0.4, -0.2) is 38.0 Å². The fourth-order valence-electron chi connectivity index (χ4n) is 1.44. The average molecular weight is 334 g/mol. The summed E-state index contributed by atoms with van der Waals surface area (Å²) >= 11 is 0. The molecule has 0 aliphatic rings. The molecule has 0 saturated carbocycles. The van der Waals surface area contributed by atoms with Gasteiger partial charge in [0.1, 0.15) is 11.5 Å². The highest BCUT2D eigenvalue weighted by molar-refractivity contribution is 6.02. The third kappa shape index (κ3) is 2.95. The van der Waals surface area contributed by atoms with Crippen molar-refractivity contribution in [3.63, 3.8) is 0 Å². The smallest absolute Gasteiger partial charge is 0.460 e. The van der Waals surface area contributed by atoms with E-state index in [4.69, 9.17) is 0 Å². The first-order valence-corrected chi connectivity index (χ1v) is 5.48. The normalized spacial score (nSPS) is 13.0. The minimum Gasteiger partial charge on any atom is -0.497 e. The summed E-state index contributed by atoms with van der Waals surface area (Å²) in [6, 6.07) is 2.33. The number of alkyl halides is 7. The van der Waals surface area contributed by atoms with Gasteiger partial charge in [-0.15, -0.1) is 0 Å². The third-order valence-electron chi connectivity index (χ3n) is 2.65. The molecule has 0 aliphatic carbocycles. The molecule has 0 atom stereocenters. The van der Waals surface area contributed by atoms with E-state index in [-0.39, 0.29) is 11.5 Å². The third-order valence-corrected chi connectivity index (χ3v) is 2.65. The first-order chi connectivity index (χ1) is 9.88. The number of ether oxygens (including phenoxy) is 2. The SMILES string of the molecule is COc1cc(OC)cc(C(=O)C(F)(F)C(F)(F)C(F)(F)F)c1. The van der Waals surface area contributed by atoms with E-state index in [1.807, 2.05) is 0 Å². The maximum Gasteiger partial charge on any atom is 0.460 e. The van der Waals surface area contributed by atoms with Crippen LogP contribution in [0.5, 0.6) is 11.5 Å². The number of Topliss-reactive ketones (excluding diaryl/α,β-unsaturated/α-hetero) is 1. The van der Waals surface area contributed by atoms with E-state index in [0.29, 0.717) is 12.1 Å². The molecule has 1 aromatic rings. The van der Waals surface area contributed by atoms with Crippen LogP contribution in [0, 0.1) is 0 Å². The Hall–Kier alpha value is -2.00. The van der Waals surface area contributed by atoms with E-state index in [0.717, 1.165) is 20.3 Å². The van der Waals surface area contributed by atoms with Crippen molar-refractivity contribution in [1.29, 1.82) is 0 Å². The Morgan fingerprint density at radius 2 is 1.27 bits per heavy atom. The fraction of sp³-hybridized carbons (Fsp3) is 0.417. The second-order valence-electron chi connectivity index (χ2n) is 4.08. The van der Waals surface area contributed by atoms with E-state index in [2.05, 4.69) is 9.47 Å². The highest BCUT2D eigenvalue weighted by Crippen LogP contribution is 2.48. The summed E-state index contributed by atoms with van der Waals surface area (Å²) in [5.74, 6) is -15.7. The van der Waals surface area contributed by atoms with E-state index in [9.17, 15) is 35.5 Å². The minimum atomic E-state index is -6.59. The molecule has 0 fully saturated rings. The summed E-state index contributed by atoms with van der Waals surface area (Å²) in [5, 5.41) is 0. The quantitative estimate of drug-likeness (QED) is 0.608. The standard InChI is InChI=1S/C12H9F7O3/c1-21-7-3-6(4-8(5-7)22-2)9(20)10(13,14)11(15,16)12(17,18)19/h3-5H,1-2H3. The molecule has 124 valence electrons. The van der Waals surface area contributed by atoms with Crippen LogP contribution in [-0.2, 0) is 0 Å². The van der Waals surface area contributed by atoms with E-state index in [1.165, 1.54) is 0 Å². The maximum atomic E-state index is 13.3. The molecule has 0 unspecified atom stereocenters. The summed E-state index contributed by atoms with van der Waals surface area (Å²) < 4.78 is 97.8. The first-order valence-electron chi connectivity index (χ1n) is 5.48. The number of methoxy groups -OCH3 is 2. The van der Waals surface area contributed by atoms with Crippen LogP contribution >= 0.6 is 0 Å². The van der Waals surface area contributed by atoms with E-state index in [1.54, 1.807) is 0 Å². The summed E-state index contributed by atoms with van der Waals surface area (Å²) in [6.45, 7) is 0. The van der Waals surface area contributed by atoms with Crippen molar-refractivity contribution in [3.05, 3.63) is 23.8 Å². The molecular weight excluding hydrogens is 325 g/mol. The Morgan fingerprint density at radius 1 is 0.864 bits per heavy atom. The molecule has 0 spiro atoms. The second-order valence-corrected chi connectivity index (χ2v) is 4.08. The van der Waals surface area contributed by atoms with Crippen molar-refractivity contribution in [1.82, 2.24) is 0 Å². The van der Waals surface area contributed by atoms with Gasteiger partial charge in [0, 0.05) is 11.6 Å². The van der Waals surface area contributed by atoms with Gasteiger partial charge in [-0.2, -0.15) is 30.7 Å². The summed E-state index contributed by atoms with van der Waals surface area (Å²) in [4.78, 5) is 11.5. The van der Waals surface area contributed by atoms with Gasteiger partial charge in [0.05, 0.1) is 14.2 Å². The molecule has 3 nitrogen and oxygen atoms in total. The number of rotatable bonds is 5. The molecule has 1 rings (SSSR count). The molecule has 10 heteroatoms. The second kappa shape index (κ2) is 5.65. The number of carbonyl (C=O) groups is 1. The van der Waals surface area contributed by atoms with Gasteiger partial charge >= 0.3 is 18.0 Å². The van der Waals surface area contributed by atoms with Gasteiger partial charge in [0.25, 0.3) is 0 Å². The Kier molecular flexibility index (Phi) is 4.64. The molecule has 0 amide bonds. The van der Waals surface area contributed by atoms with Gasteiger partial charge < -0.3 is 9.47 Å². The highest BCUT2D eigenvalue weighted by atomic mass is 19.4. The Labute approximate surface area is 119 Å². The van der Waals surface area contributed by atoms with Crippen molar-refractivity contribution in [3.8, 4) is 11.5 Å². The zero-order valence-electron chi connectivity index (χ0n) is 11.1. The molecule has 0 N–H and O–H groups in total. The summed E-state index contributed by atoms with van der Waals surface area (Å²) in [7, 11) is 2.15. The average Bonchev–Trinajstić information content (AvgIpc) is 2.44. The van der Waals surface area contributed by atoms with Crippen molar-refractivity contribution < 1.29 is 45.0 Å². The van der Waals surface area contributed by atoms with Gasteiger partial charge in [0.2, 0.25) is 5.78 Å². The number of hydrogen-bond donors (Lipinski definition) is 0. The molecule has 0 aliphatic heterocycles. The van der Waals surface area contributed by atoms with Crippen molar-refractivity contribution in [2.24, 2.45) is 0 Å². The van der Waals surface area contributed by atoms with Crippen LogP contribution in [0.15, 0.2) is 18.2 Å². The van der Waals surface area contributed by atoms with Gasteiger partial charge in [-0.25, -0.2) is 0 Å². The highest BCUT2D eigenvalue weighted by Gasteiger charge is 2.76. The van der Waals surface area contributed by atoms with Crippen molar-refractivity contribution >= 4 is 5.78 Å². The molecule has 0 radical (unpaired) electrons. The first kappa shape index (κ1) is 18.1. The Morgan fingerprint density at radius 3 is 1.59 bits per heavy atom. The lowest BCUT2D eigenvalue weighted by Gasteiger charge is -2.27. The topological polar surface area (TPSA) is 35.5 Å². The molecule has 22 heavy (non-hydrogen) atoms. The lowest BCUT2D eigenvalue weighted by atomic mass is 9.99. The molecule has 0 saturated heterocycles. The number of ketones is 1. The van der Waals surface area contributed by atoms with Crippen LogP contribution in [0.25, 0.3) is 0 Å². The summed E-state index contributed by atoms with van der Waals surface area (Å²) in [5.41, 5.74) is -1.11. The maximum absolute atomic E-state index is 13.3. The lowest BCUT2D eigenvalue weighted by molar-refractivity contribution is -0.339. The minimum absolute atomic E-state index is 0.228.